The van der Waals surface area contributed by atoms with Gasteiger partial charge in [0.2, 0.25) is 0 Å². The van der Waals surface area contributed by atoms with Crippen molar-refractivity contribution >= 4 is 29.0 Å². The van der Waals surface area contributed by atoms with Crippen LogP contribution < -0.4 is 5.73 Å². The summed E-state index contributed by atoms with van der Waals surface area (Å²) >= 11 is 6.99. The van der Waals surface area contributed by atoms with E-state index in [1.807, 2.05) is 23.9 Å². The Balaban J connectivity index is 2.19. The number of benzene rings is 1. The van der Waals surface area contributed by atoms with Gasteiger partial charge in [0, 0.05) is 11.3 Å². The normalized spacial score (nSPS) is 10.5. The van der Waals surface area contributed by atoms with E-state index in [2.05, 4.69) is 19.1 Å². The van der Waals surface area contributed by atoms with Crippen LogP contribution in [-0.4, -0.2) is 10.7 Å². The summed E-state index contributed by atoms with van der Waals surface area (Å²) in [5, 5.41) is 0. The highest BCUT2D eigenvalue weighted by atomic mass is 32.2. The summed E-state index contributed by atoms with van der Waals surface area (Å²) in [6.07, 6.45) is 6.78. The fourth-order valence-corrected chi connectivity index (χ4v) is 2.91. The minimum absolute atomic E-state index is 0.487. The van der Waals surface area contributed by atoms with Gasteiger partial charge < -0.3 is 5.73 Å². The highest BCUT2D eigenvalue weighted by Crippen LogP contribution is 2.16. The molecule has 1 aromatic carbocycles. The second-order valence-corrected chi connectivity index (χ2v) is 6.08. The lowest BCUT2D eigenvalue weighted by molar-refractivity contribution is 0.659. The van der Waals surface area contributed by atoms with Gasteiger partial charge in [0.25, 0.3) is 0 Å². The molecular formula is C15H23NS2. The van der Waals surface area contributed by atoms with Gasteiger partial charge in [-0.25, -0.2) is 0 Å². The SMILES string of the molecule is CCCCCCCSCc1cccc(C(N)=S)c1. The zero-order chi connectivity index (χ0) is 13.2. The fourth-order valence-electron chi connectivity index (χ4n) is 1.81. The van der Waals surface area contributed by atoms with E-state index in [9.17, 15) is 0 Å². The Bertz CT molecular complexity index is 363. The molecule has 0 spiro atoms. The first-order chi connectivity index (χ1) is 8.74. The first-order valence-corrected chi connectivity index (χ1v) is 8.27. The average Bonchev–Trinajstić information content (AvgIpc) is 2.38. The van der Waals surface area contributed by atoms with Crippen molar-refractivity contribution in [1.82, 2.24) is 0 Å². The van der Waals surface area contributed by atoms with Gasteiger partial charge in [0.15, 0.2) is 0 Å². The first kappa shape index (κ1) is 15.5. The average molecular weight is 281 g/mol. The molecular weight excluding hydrogens is 258 g/mol. The van der Waals surface area contributed by atoms with E-state index in [0.717, 1.165) is 11.3 Å². The second-order valence-electron chi connectivity index (χ2n) is 4.53. The number of nitrogens with two attached hydrogens (primary N) is 1. The Morgan fingerprint density at radius 3 is 2.72 bits per heavy atom. The van der Waals surface area contributed by atoms with Gasteiger partial charge in [0.1, 0.15) is 4.99 Å². The van der Waals surface area contributed by atoms with Crippen molar-refractivity contribution in [2.75, 3.05) is 5.75 Å². The van der Waals surface area contributed by atoms with Gasteiger partial charge in [-0.15, -0.1) is 0 Å². The Labute approximate surface area is 121 Å². The Morgan fingerprint density at radius 2 is 2.00 bits per heavy atom. The number of hydrogen-bond donors (Lipinski definition) is 1. The molecule has 1 nitrogen and oxygen atoms in total. The summed E-state index contributed by atoms with van der Waals surface area (Å²) in [6, 6.07) is 8.26. The fraction of sp³-hybridized carbons (Fsp3) is 0.533. The molecule has 0 heterocycles. The molecule has 0 saturated carbocycles. The first-order valence-electron chi connectivity index (χ1n) is 6.70. The van der Waals surface area contributed by atoms with E-state index in [1.54, 1.807) is 0 Å². The molecule has 0 aliphatic heterocycles. The molecule has 2 N–H and O–H groups in total. The number of thiocarbonyl (C=S) groups is 1. The molecule has 0 aliphatic carbocycles. The number of rotatable bonds is 9. The molecule has 18 heavy (non-hydrogen) atoms. The Morgan fingerprint density at radius 1 is 1.22 bits per heavy atom. The number of unbranched alkanes of at least 4 members (excludes halogenated alkanes) is 4. The van der Waals surface area contributed by atoms with Crippen molar-refractivity contribution in [3.63, 3.8) is 0 Å². The smallest absolute Gasteiger partial charge is 0.103 e. The predicted octanol–water partition coefficient (Wildman–Crippen LogP) is 4.52. The minimum Gasteiger partial charge on any atom is -0.389 e. The van der Waals surface area contributed by atoms with Gasteiger partial charge in [-0.05, 0) is 23.8 Å². The topological polar surface area (TPSA) is 26.0 Å². The van der Waals surface area contributed by atoms with Crippen molar-refractivity contribution < 1.29 is 0 Å². The predicted molar refractivity (Wildman–Crippen MR) is 87.3 cm³/mol. The van der Waals surface area contributed by atoms with E-state index in [4.69, 9.17) is 18.0 Å². The molecule has 0 atom stereocenters. The van der Waals surface area contributed by atoms with E-state index < -0.39 is 0 Å². The Hall–Kier alpha value is -0.540. The van der Waals surface area contributed by atoms with E-state index >= 15 is 0 Å². The lowest BCUT2D eigenvalue weighted by Gasteiger charge is -2.04. The van der Waals surface area contributed by atoms with Gasteiger partial charge in [-0.2, -0.15) is 11.8 Å². The molecule has 3 heteroatoms. The summed E-state index contributed by atoms with van der Waals surface area (Å²) in [5.41, 5.74) is 7.93. The summed E-state index contributed by atoms with van der Waals surface area (Å²) < 4.78 is 0. The molecule has 0 fully saturated rings. The van der Waals surface area contributed by atoms with Crippen molar-refractivity contribution in [3.8, 4) is 0 Å². The zero-order valence-corrected chi connectivity index (χ0v) is 12.8. The van der Waals surface area contributed by atoms with Gasteiger partial charge in [-0.3, -0.25) is 0 Å². The van der Waals surface area contributed by atoms with Crippen LogP contribution in [0.3, 0.4) is 0 Å². The van der Waals surface area contributed by atoms with Crippen molar-refractivity contribution in [3.05, 3.63) is 35.4 Å². The van der Waals surface area contributed by atoms with Crippen LogP contribution in [0.25, 0.3) is 0 Å². The molecule has 0 saturated heterocycles. The van der Waals surface area contributed by atoms with Crippen molar-refractivity contribution in [1.29, 1.82) is 0 Å². The van der Waals surface area contributed by atoms with Crippen molar-refractivity contribution in [2.24, 2.45) is 5.73 Å². The molecule has 0 aromatic heterocycles. The standard InChI is InChI=1S/C15H23NS2/c1-2-3-4-5-6-10-18-12-13-8-7-9-14(11-13)15(16)17/h7-9,11H,2-6,10,12H2,1H3,(H2,16,17). The lowest BCUT2D eigenvalue weighted by atomic mass is 10.1. The summed E-state index contributed by atoms with van der Waals surface area (Å²) in [7, 11) is 0. The highest BCUT2D eigenvalue weighted by molar-refractivity contribution is 7.98. The Kier molecular flexibility index (Phi) is 8.10. The van der Waals surface area contributed by atoms with Crippen LogP contribution in [0.5, 0.6) is 0 Å². The molecule has 0 unspecified atom stereocenters. The third-order valence-corrected chi connectivity index (χ3v) is 4.22. The third-order valence-electron chi connectivity index (χ3n) is 2.87. The summed E-state index contributed by atoms with van der Waals surface area (Å²) in [5.74, 6) is 2.31. The van der Waals surface area contributed by atoms with Gasteiger partial charge in [-0.1, -0.05) is 63.0 Å². The van der Waals surface area contributed by atoms with Crippen LogP contribution >= 0.6 is 24.0 Å². The van der Waals surface area contributed by atoms with E-state index in [0.29, 0.717) is 4.99 Å². The van der Waals surface area contributed by atoms with E-state index in [-0.39, 0.29) is 0 Å². The molecule has 1 rings (SSSR count). The van der Waals surface area contributed by atoms with Crippen LogP contribution in [0, 0.1) is 0 Å². The van der Waals surface area contributed by atoms with Crippen LogP contribution in [-0.2, 0) is 5.75 Å². The molecule has 100 valence electrons. The maximum Gasteiger partial charge on any atom is 0.103 e. The molecule has 1 aromatic rings. The third kappa shape index (κ3) is 6.41. The molecule has 0 aliphatic rings. The maximum absolute atomic E-state index is 5.63. The second kappa shape index (κ2) is 9.40. The van der Waals surface area contributed by atoms with Crippen LogP contribution in [0.2, 0.25) is 0 Å². The van der Waals surface area contributed by atoms with Gasteiger partial charge in [0.05, 0.1) is 0 Å². The monoisotopic (exact) mass is 281 g/mol. The quantitative estimate of drug-likeness (QED) is 0.532. The number of hydrogen-bond acceptors (Lipinski definition) is 2. The summed E-state index contributed by atoms with van der Waals surface area (Å²) in [4.78, 5) is 0.487. The molecule has 0 amide bonds. The maximum atomic E-state index is 5.63. The van der Waals surface area contributed by atoms with Gasteiger partial charge >= 0.3 is 0 Å². The van der Waals surface area contributed by atoms with E-state index in [1.165, 1.54) is 43.4 Å². The minimum atomic E-state index is 0.487. The number of thioether (sulfide) groups is 1. The van der Waals surface area contributed by atoms with Crippen LogP contribution in [0.4, 0.5) is 0 Å². The van der Waals surface area contributed by atoms with Crippen molar-refractivity contribution in [2.45, 2.75) is 44.8 Å². The highest BCUT2D eigenvalue weighted by Gasteiger charge is 1.99. The molecule has 0 bridgehead atoms. The largest absolute Gasteiger partial charge is 0.389 e. The summed E-state index contributed by atoms with van der Waals surface area (Å²) in [6.45, 7) is 2.25. The van der Waals surface area contributed by atoms with Crippen LogP contribution in [0.15, 0.2) is 24.3 Å². The lowest BCUT2D eigenvalue weighted by Crippen LogP contribution is -2.09. The zero-order valence-electron chi connectivity index (χ0n) is 11.2. The van der Waals surface area contributed by atoms with Crippen LogP contribution in [0.1, 0.15) is 50.2 Å². The molecule has 0 radical (unpaired) electrons.